The third-order valence-corrected chi connectivity index (χ3v) is 3.27. The lowest BCUT2D eigenvalue weighted by Crippen LogP contribution is -2.08. The molecule has 0 aliphatic rings. The van der Waals surface area contributed by atoms with E-state index in [1.165, 1.54) is 2.88 Å². The van der Waals surface area contributed by atoms with Gasteiger partial charge in [-0.15, -0.1) is 11.3 Å². The summed E-state index contributed by atoms with van der Waals surface area (Å²) in [6, 6.07) is 0.147. The second-order valence-electron chi connectivity index (χ2n) is 2.40. The lowest BCUT2D eigenvalue weighted by Gasteiger charge is -2.04. The zero-order valence-electron chi connectivity index (χ0n) is 6.38. The highest BCUT2D eigenvalue weighted by Crippen LogP contribution is 2.22. The summed E-state index contributed by atoms with van der Waals surface area (Å²) in [5.41, 5.74) is 5.86. The van der Waals surface area contributed by atoms with Crippen molar-refractivity contribution in [1.82, 2.24) is 4.98 Å². The highest BCUT2D eigenvalue weighted by atomic mass is 127. The molecule has 2 N–H and O–H groups in total. The normalized spacial score (nSPS) is 13.4. The fourth-order valence-electron chi connectivity index (χ4n) is 0.873. The summed E-state index contributed by atoms with van der Waals surface area (Å²) in [6.45, 7) is 2.14. The van der Waals surface area contributed by atoms with E-state index in [1.807, 2.05) is 6.20 Å². The third-order valence-electron chi connectivity index (χ3n) is 1.41. The summed E-state index contributed by atoms with van der Waals surface area (Å²) in [5, 5.41) is 1.07. The summed E-state index contributed by atoms with van der Waals surface area (Å²) in [4.78, 5) is 4.22. The third kappa shape index (κ3) is 2.68. The van der Waals surface area contributed by atoms with Crippen molar-refractivity contribution in [1.29, 1.82) is 0 Å². The van der Waals surface area contributed by atoms with Gasteiger partial charge >= 0.3 is 0 Å². The first kappa shape index (κ1) is 9.41. The molecule has 0 aliphatic heterocycles. The van der Waals surface area contributed by atoms with E-state index in [4.69, 9.17) is 5.73 Å². The highest BCUT2D eigenvalue weighted by molar-refractivity contribution is 14.1. The molecule has 1 aromatic rings. The van der Waals surface area contributed by atoms with E-state index in [0.717, 1.165) is 17.8 Å². The van der Waals surface area contributed by atoms with Crippen molar-refractivity contribution in [2.45, 2.75) is 25.8 Å². The number of hydrogen-bond acceptors (Lipinski definition) is 3. The quantitative estimate of drug-likeness (QED) is 0.865. The molecule has 0 spiro atoms. The van der Waals surface area contributed by atoms with Crippen molar-refractivity contribution < 1.29 is 0 Å². The van der Waals surface area contributed by atoms with Gasteiger partial charge in [0.2, 0.25) is 0 Å². The predicted molar refractivity (Wildman–Crippen MR) is 56.7 cm³/mol. The van der Waals surface area contributed by atoms with Crippen LogP contribution >= 0.6 is 33.9 Å². The number of hydrogen-bond donors (Lipinski definition) is 1. The number of nitrogens with two attached hydrogens (primary N) is 1. The smallest absolute Gasteiger partial charge is 0.110 e. The maximum Gasteiger partial charge on any atom is 0.110 e. The number of aromatic nitrogens is 1. The minimum absolute atomic E-state index is 0.147. The molecule has 1 aromatic heterocycles. The lowest BCUT2D eigenvalue weighted by molar-refractivity contribution is 0.634. The molecular weight excluding hydrogens is 271 g/mol. The Kier molecular flexibility index (Phi) is 3.74. The molecule has 0 saturated carbocycles. The molecule has 1 unspecified atom stereocenters. The maximum atomic E-state index is 5.86. The molecule has 0 amide bonds. The van der Waals surface area contributed by atoms with Gasteiger partial charge in [0.15, 0.2) is 0 Å². The van der Waals surface area contributed by atoms with Crippen LogP contribution in [0, 0.1) is 2.88 Å². The van der Waals surface area contributed by atoms with Gasteiger partial charge < -0.3 is 5.73 Å². The van der Waals surface area contributed by atoms with E-state index < -0.39 is 0 Å². The number of halogens is 1. The Balaban J connectivity index is 2.60. The van der Waals surface area contributed by atoms with Gasteiger partial charge in [0, 0.05) is 0 Å². The van der Waals surface area contributed by atoms with Crippen LogP contribution in [-0.4, -0.2) is 4.98 Å². The van der Waals surface area contributed by atoms with E-state index in [9.17, 15) is 0 Å². The average molecular weight is 282 g/mol. The van der Waals surface area contributed by atoms with Gasteiger partial charge in [-0.2, -0.15) is 0 Å². The molecular formula is C7H11IN2S. The Hall–Kier alpha value is 0.320. The first-order chi connectivity index (χ1) is 5.24. The predicted octanol–water partition coefficient (Wildman–Crippen LogP) is 2.55. The van der Waals surface area contributed by atoms with Crippen LogP contribution in [0.15, 0.2) is 6.20 Å². The van der Waals surface area contributed by atoms with E-state index in [1.54, 1.807) is 11.3 Å². The first-order valence-electron chi connectivity index (χ1n) is 3.61. The van der Waals surface area contributed by atoms with E-state index in [2.05, 4.69) is 34.5 Å². The number of nitrogens with zero attached hydrogens (tertiary/aromatic N) is 1. The topological polar surface area (TPSA) is 38.9 Å². The minimum Gasteiger partial charge on any atom is -0.322 e. The Labute approximate surface area is 84.4 Å². The van der Waals surface area contributed by atoms with Gasteiger partial charge in [-0.05, 0) is 29.0 Å². The van der Waals surface area contributed by atoms with Crippen LogP contribution in [0.2, 0.25) is 0 Å². The molecule has 1 atom stereocenters. The van der Waals surface area contributed by atoms with Crippen LogP contribution in [0.1, 0.15) is 30.8 Å². The highest BCUT2D eigenvalue weighted by Gasteiger charge is 2.08. The molecule has 0 aliphatic carbocycles. The largest absolute Gasteiger partial charge is 0.322 e. The van der Waals surface area contributed by atoms with Crippen LogP contribution in [0.4, 0.5) is 0 Å². The molecule has 0 bridgehead atoms. The van der Waals surface area contributed by atoms with Gasteiger partial charge in [0.05, 0.1) is 15.1 Å². The number of rotatable bonds is 3. The van der Waals surface area contributed by atoms with Gasteiger partial charge in [0.25, 0.3) is 0 Å². The summed E-state index contributed by atoms with van der Waals surface area (Å²) in [5.74, 6) is 0. The van der Waals surface area contributed by atoms with Crippen molar-refractivity contribution in [3.05, 3.63) is 14.1 Å². The molecule has 11 heavy (non-hydrogen) atoms. The van der Waals surface area contributed by atoms with Gasteiger partial charge in [-0.1, -0.05) is 13.3 Å². The molecule has 0 aromatic carbocycles. The second-order valence-corrected chi connectivity index (χ2v) is 5.35. The lowest BCUT2D eigenvalue weighted by atomic mass is 10.2. The SMILES string of the molecule is CCCC(N)c1ncc(I)s1. The molecule has 0 radical (unpaired) electrons. The molecule has 1 rings (SSSR count). The standard InChI is InChI=1S/C7H11IN2S/c1-2-3-5(9)7-10-4-6(8)11-7/h4-5H,2-3,9H2,1H3. The van der Waals surface area contributed by atoms with Crippen molar-refractivity contribution >= 4 is 33.9 Å². The van der Waals surface area contributed by atoms with Crippen LogP contribution < -0.4 is 5.73 Å². The fraction of sp³-hybridized carbons (Fsp3) is 0.571. The molecule has 0 fully saturated rings. The molecule has 2 nitrogen and oxygen atoms in total. The summed E-state index contributed by atoms with van der Waals surface area (Å²) < 4.78 is 1.21. The van der Waals surface area contributed by atoms with Crippen LogP contribution in [-0.2, 0) is 0 Å². The minimum atomic E-state index is 0.147. The molecule has 1 heterocycles. The van der Waals surface area contributed by atoms with Gasteiger partial charge in [-0.25, -0.2) is 4.98 Å². The van der Waals surface area contributed by atoms with Crippen LogP contribution in [0.3, 0.4) is 0 Å². The fourth-order valence-corrected chi connectivity index (χ4v) is 2.37. The summed E-state index contributed by atoms with van der Waals surface area (Å²) in [7, 11) is 0. The zero-order valence-corrected chi connectivity index (χ0v) is 9.35. The van der Waals surface area contributed by atoms with Gasteiger partial charge in [0.1, 0.15) is 5.01 Å². The summed E-state index contributed by atoms with van der Waals surface area (Å²) >= 11 is 3.95. The van der Waals surface area contributed by atoms with Crippen molar-refractivity contribution in [3.63, 3.8) is 0 Å². The molecule has 0 saturated heterocycles. The van der Waals surface area contributed by atoms with E-state index in [0.29, 0.717) is 0 Å². The van der Waals surface area contributed by atoms with E-state index in [-0.39, 0.29) is 6.04 Å². The zero-order chi connectivity index (χ0) is 8.27. The van der Waals surface area contributed by atoms with Crippen molar-refractivity contribution in [2.24, 2.45) is 5.73 Å². The van der Waals surface area contributed by atoms with Crippen molar-refractivity contribution in [2.75, 3.05) is 0 Å². The summed E-state index contributed by atoms with van der Waals surface area (Å²) in [6.07, 6.45) is 4.02. The molecule has 4 heteroatoms. The van der Waals surface area contributed by atoms with Crippen LogP contribution in [0.5, 0.6) is 0 Å². The molecule has 62 valence electrons. The average Bonchev–Trinajstić information content (AvgIpc) is 2.36. The maximum absolute atomic E-state index is 5.86. The Morgan fingerprint density at radius 3 is 3.00 bits per heavy atom. The Bertz CT molecular complexity index is 224. The van der Waals surface area contributed by atoms with Crippen molar-refractivity contribution in [3.8, 4) is 0 Å². The second kappa shape index (κ2) is 4.37. The first-order valence-corrected chi connectivity index (χ1v) is 5.50. The number of thiazole rings is 1. The van der Waals surface area contributed by atoms with Crippen LogP contribution in [0.25, 0.3) is 0 Å². The Morgan fingerprint density at radius 1 is 1.82 bits per heavy atom. The Morgan fingerprint density at radius 2 is 2.55 bits per heavy atom. The van der Waals surface area contributed by atoms with E-state index >= 15 is 0 Å². The van der Waals surface area contributed by atoms with Gasteiger partial charge in [-0.3, -0.25) is 0 Å². The monoisotopic (exact) mass is 282 g/mol.